The number of rotatable bonds is 10. The van der Waals surface area contributed by atoms with Gasteiger partial charge in [0.1, 0.15) is 0 Å². The summed E-state index contributed by atoms with van der Waals surface area (Å²) in [5.41, 5.74) is 0.604. The number of carbonyl (C=O) groups is 2. The minimum atomic E-state index is -4.41. The number of nitrogens with zero attached hydrogens (tertiary/aromatic N) is 1. The summed E-state index contributed by atoms with van der Waals surface area (Å²) in [5, 5.41) is 9.53. The Morgan fingerprint density at radius 3 is 2.47 bits per heavy atom. The van der Waals surface area contributed by atoms with Crippen LogP contribution < -0.4 is 16.0 Å². The Balaban J connectivity index is 1.05. The van der Waals surface area contributed by atoms with Gasteiger partial charge in [0.25, 0.3) is 0 Å². The van der Waals surface area contributed by atoms with Crippen LogP contribution in [0.3, 0.4) is 0 Å². The van der Waals surface area contributed by atoms with Crippen LogP contribution in [0, 0.1) is 5.92 Å². The largest absolute Gasteiger partial charge is 0.416 e. The zero-order valence-electron chi connectivity index (χ0n) is 20.8. The smallest absolute Gasteiger partial charge is 0.356 e. The number of carbonyl (C=O) groups excluding carboxylic acids is 2. The monoisotopic (exact) mass is 570 g/mol. The molecule has 11 heteroatoms. The van der Waals surface area contributed by atoms with Crippen molar-refractivity contribution in [2.24, 2.45) is 5.92 Å². The molecule has 2 fully saturated rings. The minimum absolute atomic E-state index is 0.00210. The summed E-state index contributed by atoms with van der Waals surface area (Å²) in [5.74, 6) is 0.292. The summed E-state index contributed by atoms with van der Waals surface area (Å²) >= 11 is 12.0. The van der Waals surface area contributed by atoms with Crippen LogP contribution >= 0.6 is 23.2 Å². The Morgan fingerprint density at radius 1 is 1.00 bits per heavy atom. The fourth-order valence-electron chi connectivity index (χ4n) is 4.82. The second kappa shape index (κ2) is 12.6. The van der Waals surface area contributed by atoms with Crippen molar-refractivity contribution >= 4 is 40.8 Å². The Hall–Kier alpha value is -2.49. The standard InChI is InChI=1S/C27H31Cl2F3N4O2/c28-23-9-4-17(14-24(23)29)21-15-22(21)25(37)33-11-2-1-3-12-36-13-10-20(16-36)35-26(38)34-19-7-5-18(6-8-19)27(30,31)32/h4-9,14,20-22H,1-3,10-13,15-16H2,(H,33,37)(H2,34,35,38)/t20-,21-,22+/m0/s1. The first kappa shape index (κ1) is 28.5. The number of halogens is 5. The topological polar surface area (TPSA) is 73.5 Å². The van der Waals surface area contributed by atoms with E-state index < -0.39 is 17.8 Å². The summed E-state index contributed by atoms with van der Waals surface area (Å²) in [6.07, 6.45) is 0.130. The van der Waals surface area contributed by atoms with E-state index in [4.69, 9.17) is 23.2 Å². The summed E-state index contributed by atoms with van der Waals surface area (Å²) in [7, 11) is 0. The first-order chi connectivity index (χ1) is 18.1. The average molecular weight is 571 g/mol. The molecule has 206 valence electrons. The van der Waals surface area contributed by atoms with Crippen LogP contribution in [0.2, 0.25) is 10.0 Å². The van der Waals surface area contributed by atoms with E-state index in [9.17, 15) is 22.8 Å². The maximum atomic E-state index is 12.7. The summed E-state index contributed by atoms with van der Waals surface area (Å²) in [4.78, 5) is 26.9. The summed E-state index contributed by atoms with van der Waals surface area (Å²) in [6, 6.07) is 9.47. The molecule has 3 amide bonds. The van der Waals surface area contributed by atoms with Gasteiger partial charge in [0.05, 0.1) is 15.6 Å². The van der Waals surface area contributed by atoms with E-state index in [1.807, 2.05) is 12.1 Å². The van der Waals surface area contributed by atoms with E-state index in [1.54, 1.807) is 6.07 Å². The summed E-state index contributed by atoms with van der Waals surface area (Å²) in [6.45, 7) is 3.17. The van der Waals surface area contributed by atoms with Gasteiger partial charge in [-0.3, -0.25) is 4.79 Å². The molecule has 0 spiro atoms. The fraction of sp³-hybridized carbons (Fsp3) is 0.481. The number of alkyl halides is 3. The highest BCUT2D eigenvalue weighted by Gasteiger charge is 2.43. The molecular formula is C27H31Cl2F3N4O2. The molecule has 2 aliphatic rings. The molecule has 3 N–H and O–H groups in total. The van der Waals surface area contributed by atoms with E-state index in [0.717, 1.165) is 69.4 Å². The van der Waals surface area contributed by atoms with Crippen molar-refractivity contribution in [3.63, 3.8) is 0 Å². The molecule has 0 unspecified atom stereocenters. The molecular weight excluding hydrogens is 540 g/mol. The normalized spacial score (nSPS) is 21.2. The van der Waals surface area contributed by atoms with Gasteiger partial charge in [-0.15, -0.1) is 0 Å². The van der Waals surface area contributed by atoms with E-state index in [0.29, 0.717) is 22.3 Å². The molecule has 6 nitrogen and oxygen atoms in total. The quantitative estimate of drug-likeness (QED) is 0.293. The molecule has 1 saturated heterocycles. The van der Waals surface area contributed by atoms with Crippen LogP contribution in [-0.4, -0.2) is 49.1 Å². The van der Waals surface area contributed by atoms with Crippen molar-refractivity contribution in [3.8, 4) is 0 Å². The molecule has 1 heterocycles. The first-order valence-electron chi connectivity index (χ1n) is 12.8. The van der Waals surface area contributed by atoms with Gasteiger partial charge in [0, 0.05) is 37.3 Å². The van der Waals surface area contributed by atoms with E-state index in [2.05, 4.69) is 20.9 Å². The van der Waals surface area contributed by atoms with Crippen molar-refractivity contribution in [3.05, 3.63) is 63.6 Å². The number of unbranched alkanes of at least 4 members (excludes halogenated alkanes) is 2. The Morgan fingerprint density at radius 2 is 1.76 bits per heavy atom. The Kier molecular flexibility index (Phi) is 9.44. The maximum Gasteiger partial charge on any atom is 0.416 e. The van der Waals surface area contributed by atoms with Gasteiger partial charge in [0.15, 0.2) is 0 Å². The molecule has 0 radical (unpaired) electrons. The molecule has 2 aromatic rings. The number of urea groups is 1. The van der Waals surface area contributed by atoms with E-state index in [1.165, 1.54) is 12.1 Å². The molecule has 38 heavy (non-hydrogen) atoms. The van der Waals surface area contributed by atoms with Gasteiger partial charge in [-0.25, -0.2) is 4.79 Å². The van der Waals surface area contributed by atoms with Crippen molar-refractivity contribution in [1.82, 2.24) is 15.5 Å². The lowest BCUT2D eigenvalue weighted by atomic mass is 10.1. The van der Waals surface area contributed by atoms with Gasteiger partial charge in [0.2, 0.25) is 5.91 Å². The van der Waals surface area contributed by atoms with Gasteiger partial charge < -0.3 is 20.9 Å². The second-order valence-electron chi connectivity index (χ2n) is 9.93. The van der Waals surface area contributed by atoms with Crippen LogP contribution in [0.15, 0.2) is 42.5 Å². The third kappa shape index (κ3) is 8.01. The number of nitrogens with one attached hydrogen (secondary N) is 3. The zero-order valence-corrected chi connectivity index (χ0v) is 22.3. The lowest BCUT2D eigenvalue weighted by molar-refractivity contribution is -0.137. The summed E-state index contributed by atoms with van der Waals surface area (Å²) < 4.78 is 38.0. The third-order valence-corrected chi connectivity index (χ3v) is 7.77. The molecule has 4 rings (SSSR count). The zero-order chi connectivity index (χ0) is 27.3. The average Bonchev–Trinajstić information content (AvgIpc) is 3.55. The highest BCUT2D eigenvalue weighted by Crippen LogP contribution is 2.48. The third-order valence-electron chi connectivity index (χ3n) is 7.03. The SMILES string of the molecule is O=C(Nc1ccc(C(F)(F)F)cc1)N[C@H]1CCN(CCCCCNC(=O)[C@@H]2C[C@H]2c2ccc(Cl)c(Cl)c2)C1. The molecule has 0 aromatic heterocycles. The predicted molar refractivity (Wildman–Crippen MR) is 143 cm³/mol. The maximum absolute atomic E-state index is 12.7. The minimum Gasteiger partial charge on any atom is -0.356 e. The highest BCUT2D eigenvalue weighted by atomic mass is 35.5. The number of anilines is 1. The molecule has 3 atom stereocenters. The highest BCUT2D eigenvalue weighted by molar-refractivity contribution is 6.42. The van der Waals surface area contributed by atoms with Crippen molar-refractivity contribution < 1.29 is 22.8 Å². The van der Waals surface area contributed by atoms with Crippen LogP contribution in [0.4, 0.5) is 23.7 Å². The van der Waals surface area contributed by atoms with Gasteiger partial charge in [-0.05, 0) is 80.1 Å². The Bertz CT molecular complexity index is 1130. The Labute approximate surface area is 230 Å². The van der Waals surface area contributed by atoms with Crippen LogP contribution in [0.1, 0.15) is 49.1 Å². The lowest BCUT2D eigenvalue weighted by Crippen LogP contribution is -2.39. The predicted octanol–water partition coefficient (Wildman–Crippen LogP) is 6.30. The fourth-order valence-corrected chi connectivity index (χ4v) is 5.13. The molecule has 1 aliphatic carbocycles. The number of benzene rings is 2. The van der Waals surface area contributed by atoms with Crippen molar-refractivity contribution in [2.45, 2.75) is 50.2 Å². The lowest BCUT2D eigenvalue weighted by Gasteiger charge is -2.17. The van der Waals surface area contributed by atoms with Crippen LogP contribution in [0.5, 0.6) is 0 Å². The molecule has 1 aliphatic heterocycles. The molecule has 0 bridgehead atoms. The number of hydrogen-bond donors (Lipinski definition) is 3. The van der Waals surface area contributed by atoms with Crippen molar-refractivity contribution in [1.29, 1.82) is 0 Å². The first-order valence-corrected chi connectivity index (χ1v) is 13.6. The molecule has 2 aromatic carbocycles. The number of amides is 3. The van der Waals surface area contributed by atoms with Crippen LogP contribution in [-0.2, 0) is 11.0 Å². The van der Waals surface area contributed by atoms with Gasteiger partial charge in [-0.1, -0.05) is 35.7 Å². The van der Waals surface area contributed by atoms with E-state index in [-0.39, 0.29) is 23.8 Å². The number of hydrogen-bond acceptors (Lipinski definition) is 3. The van der Waals surface area contributed by atoms with Gasteiger partial charge in [-0.2, -0.15) is 13.2 Å². The van der Waals surface area contributed by atoms with Gasteiger partial charge >= 0.3 is 12.2 Å². The second-order valence-corrected chi connectivity index (χ2v) is 10.7. The molecule has 1 saturated carbocycles. The van der Waals surface area contributed by atoms with E-state index >= 15 is 0 Å². The number of likely N-dealkylation sites (tertiary alicyclic amines) is 1. The van der Waals surface area contributed by atoms with Crippen LogP contribution in [0.25, 0.3) is 0 Å². The van der Waals surface area contributed by atoms with Crippen molar-refractivity contribution in [2.75, 3.05) is 31.5 Å².